The topological polar surface area (TPSA) is 56.8 Å². The van der Waals surface area contributed by atoms with Gasteiger partial charge in [-0.05, 0) is 0 Å². The molecule has 1 aromatic rings. The number of hydrogen-bond donors (Lipinski definition) is 1. The Kier molecular flexibility index (Phi) is 1.95. The van der Waals surface area contributed by atoms with Gasteiger partial charge < -0.3 is 4.85 Å². The summed E-state index contributed by atoms with van der Waals surface area (Å²) in [5.74, 6) is -1.81. The van der Waals surface area contributed by atoms with Crippen molar-refractivity contribution in [1.29, 1.82) is 5.26 Å². The molecule has 1 rings (SSSR count). The number of nitrogens with zero attached hydrogens (tertiary/aromatic N) is 3. The number of aromatic nitrogens is 2. The Balaban J connectivity index is 3.26. The normalized spacial score (nSPS) is 10.5. The lowest BCUT2D eigenvalue weighted by molar-refractivity contribution is -0.144. The fourth-order valence-electron chi connectivity index (χ4n) is 0.657. The summed E-state index contributed by atoms with van der Waals surface area (Å²) in [6.07, 6.45) is -4.66. The van der Waals surface area contributed by atoms with E-state index in [2.05, 4.69) is 9.83 Å². The van der Waals surface area contributed by atoms with Gasteiger partial charge in [-0.25, -0.2) is 4.98 Å². The van der Waals surface area contributed by atoms with Crippen molar-refractivity contribution >= 4 is 5.82 Å². The van der Waals surface area contributed by atoms with Crippen LogP contribution in [0.3, 0.4) is 0 Å². The van der Waals surface area contributed by atoms with Crippen LogP contribution in [0.25, 0.3) is 4.85 Å². The molecule has 0 saturated carbocycles. The number of alkyl halides is 3. The Bertz CT molecular complexity index is 371. The van der Waals surface area contributed by atoms with Crippen LogP contribution in [0.15, 0.2) is 0 Å². The molecule has 0 bridgehead atoms. The van der Waals surface area contributed by atoms with Gasteiger partial charge in [0.2, 0.25) is 0 Å². The Hall–Kier alpha value is -2.02. The molecule has 0 amide bonds. The van der Waals surface area contributed by atoms with Crippen LogP contribution in [0.1, 0.15) is 11.5 Å². The molecule has 0 radical (unpaired) electrons. The quantitative estimate of drug-likeness (QED) is 0.628. The van der Waals surface area contributed by atoms with Crippen LogP contribution >= 0.6 is 0 Å². The van der Waals surface area contributed by atoms with Crippen LogP contribution in [0.5, 0.6) is 0 Å². The number of hydrogen-bond acceptors (Lipinski definition) is 2. The Morgan fingerprint density at radius 3 is 2.46 bits per heavy atom. The standard InChI is InChI=1S/C6HF3N4/c1-11-4-3(2-10)12-5(13-4)6(7,8)9/h(H,12,13). The van der Waals surface area contributed by atoms with Crippen molar-refractivity contribution in [3.63, 3.8) is 0 Å². The molecule has 0 aliphatic rings. The van der Waals surface area contributed by atoms with E-state index in [9.17, 15) is 13.2 Å². The maximum Gasteiger partial charge on any atom is 0.471 e. The molecule has 0 fully saturated rings. The highest BCUT2D eigenvalue weighted by Crippen LogP contribution is 2.29. The van der Waals surface area contributed by atoms with Crippen LogP contribution in [0, 0.1) is 17.9 Å². The smallest absolute Gasteiger partial charge is 0.361 e. The molecule has 13 heavy (non-hydrogen) atoms. The monoisotopic (exact) mass is 186 g/mol. The number of aromatic amines is 1. The maximum atomic E-state index is 11.9. The molecule has 0 aliphatic heterocycles. The second kappa shape index (κ2) is 2.79. The van der Waals surface area contributed by atoms with Crippen LogP contribution in [-0.4, -0.2) is 9.97 Å². The van der Waals surface area contributed by atoms with Crippen molar-refractivity contribution < 1.29 is 13.2 Å². The predicted molar refractivity (Wildman–Crippen MR) is 34.6 cm³/mol. The van der Waals surface area contributed by atoms with Crippen molar-refractivity contribution in [2.45, 2.75) is 6.18 Å². The van der Waals surface area contributed by atoms with E-state index >= 15 is 0 Å². The van der Waals surface area contributed by atoms with E-state index in [0.717, 1.165) is 0 Å². The summed E-state index contributed by atoms with van der Waals surface area (Å²) in [4.78, 5) is 7.31. The molecular formula is C6HF3N4. The average molecular weight is 186 g/mol. The van der Waals surface area contributed by atoms with Crippen LogP contribution < -0.4 is 0 Å². The van der Waals surface area contributed by atoms with E-state index in [-0.39, 0.29) is 0 Å². The van der Waals surface area contributed by atoms with E-state index in [1.807, 2.05) is 0 Å². The number of rotatable bonds is 0. The van der Waals surface area contributed by atoms with Gasteiger partial charge in [0.1, 0.15) is 6.07 Å². The SMILES string of the molecule is [C-]#[N+]c1[nH]c(C(F)(F)F)nc1C#N. The summed E-state index contributed by atoms with van der Waals surface area (Å²) in [6, 6.07) is 1.38. The molecule has 0 aromatic carbocycles. The van der Waals surface area contributed by atoms with Crippen molar-refractivity contribution in [1.82, 2.24) is 9.97 Å². The van der Waals surface area contributed by atoms with Gasteiger partial charge in [0, 0.05) is 0 Å². The zero-order chi connectivity index (χ0) is 10.1. The first kappa shape index (κ1) is 9.07. The minimum absolute atomic E-state index is 0.491. The van der Waals surface area contributed by atoms with Crippen LogP contribution in [-0.2, 0) is 6.18 Å². The first-order valence-corrected chi connectivity index (χ1v) is 2.93. The first-order valence-electron chi connectivity index (χ1n) is 2.93. The highest BCUT2D eigenvalue weighted by Gasteiger charge is 2.38. The van der Waals surface area contributed by atoms with Gasteiger partial charge in [-0.3, -0.25) is 4.98 Å². The van der Waals surface area contributed by atoms with Gasteiger partial charge in [-0.15, -0.1) is 0 Å². The third kappa shape index (κ3) is 1.59. The third-order valence-electron chi connectivity index (χ3n) is 1.17. The number of imidazole rings is 1. The predicted octanol–water partition coefficient (Wildman–Crippen LogP) is 1.85. The second-order valence-electron chi connectivity index (χ2n) is 2.00. The highest BCUT2D eigenvalue weighted by molar-refractivity contribution is 5.49. The van der Waals surface area contributed by atoms with E-state index in [1.54, 1.807) is 4.98 Å². The van der Waals surface area contributed by atoms with E-state index in [0.29, 0.717) is 0 Å². The van der Waals surface area contributed by atoms with E-state index in [1.165, 1.54) is 6.07 Å². The summed E-state index contributed by atoms with van der Waals surface area (Å²) in [6.45, 7) is 6.44. The largest absolute Gasteiger partial charge is 0.471 e. The van der Waals surface area contributed by atoms with Crippen molar-refractivity contribution in [3.05, 3.63) is 22.9 Å². The van der Waals surface area contributed by atoms with Gasteiger partial charge in [0.25, 0.3) is 11.6 Å². The van der Waals surface area contributed by atoms with Crippen molar-refractivity contribution in [2.75, 3.05) is 0 Å². The van der Waals surface area contributed by atoms with E-state index < -0.39 is 23.5 Å². The molecule has 1 aromatic heterocycles. The summed E-state index contributed by atoms with van der Waals surface area (Å²) >= 11 is 0. The Morgan fingerprint density at radius 2 is 2.15 bits per heavy atom. The molecule has 66 valence electrons. The zero-order valence-electron chi connectivity index (χ0n) is 5.98. The minimum Gasteiger partial charge on any atom is -0.361 e. The lowest BCUT2D eigenvalue weighted by Crippen LogP contribution is -2.07. The summed E-state index contributed by atoms with van der Waals surface area (Å²) in [5.41, 5.74) is -0.540. The maximum absolute atomic E-state index is 11.9. The van der Waals surface area contributed by atoms with Gasteiger partial charge >= 0.3 is 6.18 Å². The van der Waals surface area contributed by atoms with Gasteiger partial charge in [-0.2, -0.15) is 18.4 Å². The van der Waals surface area contributed by atoms with Gasteiger partial charge in [0.15, 0.2) is 5.69 Å². The number of halogens is 3. The van der Waals surface area contributed by atoms with Gasteiger partial charge in [-0.1, -0.05) is 6.57 Å². The first-order chi connectivity index (χ1) is 5.99. The average Bonchev–Trinajstić information content (AvgIpc) is 2.45. The Morgan fingerprint density at radius 1 is 1.54 bits per heavy atom. The van der Waals surface area contributed by atoms with Crippen LogP contribution in [0.2, 0.25) is 0 Å². The molecule has 4 nitrogen and oxygen atoms in total. The summed E-state index contributed by atoms with van der Waals surface area (Å²) in [5, 5.41) is 8.29. The summed E-state index contributed by atoms with van der Waals surface area (Å²) < 4.78 is 35.8. The molecule has 0 saturated heterocycles. The minimum atomic E-state index is -4.66. The van der Waals surface area contributed by atoms with Gasteiger partial charge in [0.05, 0.1) is 0 Å². The fourth-order valence-corrected chi connectivity index (χ4v) is 0.657. The zero-order valence-corrected chi connectivity index (χ0v) is 5.98. The van der Waals surface area contributed by atoms with Crippen molar-refractivity contribution in [2.24, 2.45) is 0 Å². The lowest BCUT2D eigenvalue weighted by Gasteiger charge is -1.96. The highest BCUT2D eigenvalue weighted by atomic mass is 19.4. The molecular weight excluding hydrogens is 185 g/mol. The molecule has 0 unspecified atom stereocenters. The van der Waals surface area contributed by atoms with Crippen molar-refractivity contribution in [3.8, 4) is 6.07 Å². The number of nitrogens with one attached hydrogen (secondary N) is 1. The lowest BCUT2D eigenvalue weighted by atomic mass is 10.5. The van der Waals surface area contributed by atoms with Crippen LogP contribution in [0.4, 0.5) is 19.0 Å². The second-order valence-corrected chi connectivity index (χ2v) is 2.00. The molecule has 1 N–H and O–H groups in total. The molecule has 1 heterocycles. The summed E-state index contributed by atoms with van der Waals surface area (Å²) in [7, 11) is 0. The number of H-pyrrole nitrogens is 1. The van der Waals surface area contributed by atoms with E-state index in [4.69, 9.17) is 11.8 Å². The fraction of sp³-hybridized carbons (Fsp3) is 0.167. The molecule has 0 atom stereocenters. The molecule has 7 heteroatoms. The number of nitriles is 1. The molecule has 0 aliphatic carbocycles. The molecule has 0 spiro atoms. The Labute approximate surface area is 70.4 Å². The third-order valence-corrected chi connectivity index (χ3v) is 1.17.